The van der Waals surface area contributed by atoms with E-state index in [-0.39, 0.29) is 17.6 Å². The van der Waals surface area contributed by atoms with Crippen molar-refractivity contribution in [3.8, 4) is 0 Å². The number of para-hydroxylation sites is 1. The number of nitrogens with one attached hydrogen (secondary N) is 3. The standard InChI is InChI=1S/C21H18N4O5/c26-17(23-16-8-4-3-7-15(16)19(27)22-12-9-10-12)11-30-21(29)18-13-5-1-2-6-14(13)20(28)25-24-18/h1-8,12H,9-11H2,(H,22,27)(H,23,26)(H,25,28). The summed E-state index contributed by atoms with van der Waals surface area (Å²) in [6, 6.07) is 13.2. The number of carbonyl (C=O) groups excluding carboxylic acids is 3. The van der Waals surface area contributed by atoms with Crippen molar-refractivity contribution in [3.63, 3.8) is 0 Å². The fourth-order valence-electron chi connectivity index (χ4n) is 2.94. The number of H-pyrrole nitrogens is 1. The van der Waals surface area contributed by atoms with Crippen LogP contribution in [0.4, 0.5) is 5.69 Å². The van der Waals surface area contributed by atoms with E-state index in [0.29, 0.717) is 22.0 Å². The molecule has 0 saturated heterocycles. The van der Waals surface area contributed by atoms with Crippen LogP contribution in [0.1, 0.15) is 33.7 Å². The number of ether oxygens (including phenoxy) is 1. The highest BCUT2D eigenvalue weighted by atomic mass is 16.5. The highest BCUT2D eigenvalue weighted by Gasteiger charge is 2.25. The van der Waals surface area contributed by atoms with Gasteiger partial charge in [-0.15, -0.1) is 0 Å². The molecule has 0 unspecified atom stereocenters. The lowest BCUT2D eigenvalue weighted by Crippen LogP contribution is -2.28. The van der Waals surface area contributed by atoms with Gasteiger partial charge in [-0.1, -0.05) is 30.3 Å². The number of anilines is 1. The number of aromatic amines is 1. The molecule has 0 spiro atoms. The van der Waals surface area contributed by atoms with E-state index in [9.17, 15) is 19.2 Å². The topological polar surface area (TPSA) is 130 Å². The van der Waals surface area contributed by atoms with Crippen molar-refractivity contribution in [2.75, 3.05) is 11.9 Å². The van der Waals surface area contributed by atoms with Gasteiger partial charge in [-0.3, -0.25) is 14.4 Å². The van der Waals surface area contributed by atoms with Gasteiger partial charge >= 0.3 is 5.97 Å². The van der Waals surface area contributed by atoms with E-state index >= 15 is 0 Å². The molecule has 1 aliphatic carbocycles. The zero-order valence-electron chi connectivity index (χ0n) is 15.8. The molecule has 3 aromatic rings. The second kappa shape index (κ2) is 8.16. The van der Waals surface area contributed by atoms with Crippen molar-refractivity contribution < 1.29 is 19.1 Å². The number of hydrogen-bond donors (Lipinski definition) is 3. The lowest BCUT2D eigenvalue weighted by atomic mass is 10.1. The van der Waals surface area contributed by atoms with Crippen molar-refractivity contribution >= 4 is 34.2 Å². The summed E-state index contributed by atoms with van der Waals surface area (Å²) < 4.78 is 5.05. The van der Waals surface area contributed by atoms with Gasteiger partial charge in [-0.05, 0) is 31.0 Å². The Bertz CT molecular complexity index is 1200. The van der Waals surface area contributed by atoms with E-state index in [0.717, 1.165) is 12.8 Å². The molecule has 1 heterocycles. The quantitative estimate of drug-likeness (QED) is 0.533. The summed E-state index contributed by atoms with van der Waals surface area (Å²) >= 11 is 0. The predicted molar refractivity (Wildman–Crippen MR) is 108 cm³/mol. The summed E-state index contributed by atoms with van der Waals surface area (Å²) in [5.41, 5.74) is 0.130. The molecular weight excluding hydrogens is 388 g/mol. The van der Waals surface area contributed by atoms with Crippen LogP contribution >= 0.6 is 0 Å². The molecule has 1 aromatic heterocycles. The maximum absolute atomic E-state index is 12.4. The van der Waals surface area contributed by atoms with Gasteiger partial charge in [-0.2, -0.15) is 5.10 Å². The third-order valence-corrected chi connectivity index (χ3v) is 4.58. The molecule has 3 N–H and O–H groups in total. The van der Waals surface area contributed by atoms with Gasteiger partial charge in [0.2, 0.25) is 0 Å². The van der Waals surface area contributed by atoms with Crippen LogP contribution in [0.2, 0.25) is 0 Å². The molecule has 30 heavy (non-hydrogen) atoms. The number of benzene rings is 2. The van der Waals surface area contributed by atoms with E-state index in [2.05, 4.69) is 20.8 Å². The highest BCUT2D eigenvalue weighted by Crippen LogP contribution is 2.21. The molecule has 0 atom stereocenters. The first-order chi connectivity index (χ1) is 14.5. The van der Waals surface area contributed by atoms with Crippen LogP contribution in [0, 0.1) is 0 Å². The van der Waals surface area contributed by atoms with Gasteiger partial charge < -0.3 is 15.4 Å². The van der Waals surface area contributed by atoms with Crippen LogP contribution in [0.15, 0.2) is 53.3 Å². The molecule has 1 fully saturated rings. The average Bonchev–Trinajstić information content (AvgIpc) is 3.57. The molecule has 9 heteroatoms. The Morgan fingerprint density at radius 2 is 1.73 bits per heavy atom. The fourth-order valence-corrected chi connectivity index (χ4v) is 2.94. The Kier molecular flexibility index (Phi) is 5.25. The smallest absolute Gasteiger partial charge is 0.359 e. The number of aromatic nitrogens is 2. The van der Waals surface area contributed by atoms with Gasteiger partial charge in [0, 0.05) is 11.4 Å². The first kappa shape index (κ1) is 19.3. The maximum Gasteiger partial charge on any atom is 0.359 e. The summed E-state index contributed by atoms with van der Waals surface area (Å²) in [5, 5.41) is 12.0. The molecule has 152 valence electrons. The minimum Gasteiger partial charge on any atom is -0.451 e. The van der Waals surface area contributed by atoms with Crippen LogP contribution in [0.3, 0.4) is 0 Å². The summed E-state index contributed by atoms with van der Waals surface area (Å²) in [7, 11) is 0. The van der Waals surface area contributed by atoms with E-state index in [1.807, 2.05) is 0 Å². The molecule has 0 bridgehead atoms. The molecule has 2 amide bonds. The first-order valence-electron chi connectivity index (χ1n) is 9.37. The average molecular weight is 406 g/mol. The summed E-state index contributed by atoms with van der Waals surface area (Å²) in [6.07, 6.45) is 1.90. The summed E-state index contributed by atoms with van der Waals surface area (Å²) in [6.45, 7) is -0.577. The second-order valence-electron chi connectivity index (χ2n) is 6.86. The number of esters is 1. The molecule has 0 aliphatic heterocycles. The first-order valence-corrected chi connectivity index (χ1v) is 9.37. The largest absolute Gasteiger partial charge is 0.451 e. The molecule has 0 radical (unpaired) electrons. The number of fused-ring (bicyclic) bond motifs is 1. The number of carbonyl (C=O) groups is 3. The summed E-state index contributed by atoms with van der Waals surface area (Å²) in [4.78, 5) is 48.8. The van der Waals surface area contributed by atoms with Gasteiger partial charge in [0.05, 0.1) is 16.6 Å². The number of rotatable bonds is 6. The van der Waals surface area contributed by atoms with E-state index < -0.39 is 24.0 Å². The van der Waals surface area contributed by atoms with Gasteiger partial charge in [-0.25, -0.2) is 9.89 Å². The SMILES string of the molecule is O=C(COC(=O)c1n[nH]c(=O)c2ccccc12)Nc1ccccc1C(=O)NC1CC1. The van der Waals surface area contributed by atoms with Crippen molar-refractivity contribution in [2.24, 2.45) is 0 Å². The third-order valence-electron chi connectivity index (χ3n) is 4.58. The third kappa shape index (κ3) is 4.19. The summed E-state index contributed by atoms with van der Waals surface area (Å²) in [5.74, 6) is -1.73. The van der Waals surface area contributed by atoms with Crippen LogP contribution in [-0.4, -0.2) is 40.6 Å². The number of amides is 2. The minimum atomic E-state index is -0.850. The monoisotopic (exact) mass is 406 g/mol. The van der Waals surface area contributed by atoms with Crippen molar-refractivity contribution in [1.29, 1.82) is 0 Å². The Morgan fingerprint density at radius 3 is 2.50 bits per heavy atom. The molecule has 4 rings (SSSR count). The van der Waals surface area contributed by atoms with Crippen LogP contribution < -0.4 is 16.2 Å². The Hall–Kier alpha value is -4.01. The maximum atomic E-state index is 12.4. The molecular formula is C21H18N4O5. The Morgan fingerprint density at radius 1 is 1.03 bits per heavy atom. The normalized spacial score (nSPS) is 12.9. The van der Waals surface area contributed by atoms with E-state index in [1.165, 1.54) is 0 Å². The lowest BCUT2D eigenvalue weighted by Gasteiger charge is -2.11. The highest BCUT2D eigenvalue weighted by molar-refractivity contribution is 6.05. The van der Waals surface area contributed by atoms with Crippen molar-refractivity contribution in [2.45, 2.75) is 18.9 Å². The van der Waals surface area contributed by atoms with Crippen LogP contribution in [0.5, 0.6) is 0 Å². The fraction of sp³-hybridized carbons (Fsp3) is 0.190. The van der Waals surface area contributed by atoms with Crippen LogP contribution in [0.25, 0.3) is 10.8 Å². The molecule has 1 saturated carbocycles. The van der Waals surface area contributed by atoms with Crippen LogP contribution in [-0.2, 0) is 9.53 Å². The van der Waals surface area contributed by atoms with Gasteiger partial charge in [0.15, 0.2) is 12.3 Å². The predicted octanol–water partition coefficient (Wildman–Crippen LogP) is 1.61. The Balaban J connectivity index is 1.42. The minimum absolute atomic E-state index is 0.0952. The molecule has 2 aromatic carbocycles. The lowest BCUT2D eigenvalue weighted by molar-refractivity contribution is -0.119. The zero-order chi connectivity index (χ0) is 21.1. The van der Waals surface area contributed by atoms with E-state index in [4.69, 9.17) is 4.74 Å². The number of hydrogen-bond acceptors (Lipinski definition) is 6. The van der Waals surface area contributed by atoms with Crippen molar-refractivity contribution in [1.82, 2.24) is 15.5 Å². The molecule has 1 aliphatic rings. The number of nitrogens with zero attached hydrogens (tertiary/aromatic N) is 1. The zero-order valence-corrected chi connectivity index (χ0v) is 15.8. The Labute approximate surface area is 170 Å². The van der Waals surface area contributed by atoms with E-state index in [1.54, 1.807) is 48.5 Å². The van der Waals surface area contributed by atoms with Gasteiger partial charge in [0.25, 0.3) is 17.4 Å². The van der Waals surface area contributed by atoms with Gasteiger partial charge in [0.1, 0.15) is 0 Å². The second-order valence-corrected chi connectivity index (χ2v) is 6.86. The van der Waals surface area contributed by atoms with Crippen molar-refractivity contribution in [3.05, 3.63) is 70.1 Å². The molecule has 9 nitrogen and oxygen atoms in total.